The molecule has 1 heterocycles. The molecule has 1 aliphatic rings. The fraction of sp³-hybridized carbons (Fsp3) is 0.312. The van der Waals surface area contributed by atoms with Crippen LogP contribution in [0.4, 0.5) is 11.4 Å². The van der Waals surface area contributed by atoms with E-state index in [0.717, 1.165) is 0 Å². The molecule has 3 N–H and O–H groups in total. The molecule has 0 saturated carbocycles. The minimum atomic E-state index is -3.04. The highest BCUT2D eigenvalue weighted by atomic mass is 32.2. The van der Waals surface area contributed by atoms with Crippen LogP contribution in [0.5, 0.6) is 0 Å². The molecule has 1 aromatic carbocycles. The lowest BCUT2D eigenvalue weighted by Crippen LogP contribution is -2.27. The van der Waals surface area contributed by atoms with Crippen molar-refractivity contribution in [1.29, 1.82) is 5.26 Å². The fourth-order valence-corrected chi connectivity index (χ4v) is 4.00. The van der Waals surface area contributed by atoms with Crippen LogP contribution in [0, 0.1) is 11.3 Å². The number of anilines is 2. The van der Waals surface area contributed by atoms with Crippen molar-refractivity contribution in [2.45, 2.75) is 19.4 Å². The molecule has 8 nitrogen and oxygen atoms in total. The SMILES string of the molecule is CC(=O)Nc1ccc(NC(=O)/C(C#N)=C\NC2CCS(=O)(=O)C2)cc1. The van der Waals surface area contributed by atoms with Gasteiger partial charge in [-0.1, -0.05) is 0 Å². The van der Waals surface area contributed by atoms with E-state index in [4.69, 9.17) is 5.26 Å². The van der Waals surface area contributed by atoms with E-state index in [0.29, 0.717) is 17.8 Å². The average Bonchev–Trinajstić information content (AvgIpc) is 2.88. The maximum Gasteiger partial charge on any atom is 0.267 e. The number of benzene rings is 1. The number of hydrogen-bond donors (Lipinski definition) is 3. The minimum Gasteiger partial charge on any atom is -0.386 e. The first-order chi connectivity index (χ1) is 11.8. The van der Waals surface area contributed by atoms with Gasteiger partial charge in [0.2, 0.25) is 5.91 Å². The van der Waals surface area contributed by atoms with E-state index >= 15 is 0 Å². The average molecular weight is 362 g/mol. The number of amides is 2. The summed E-state index contributed by atoms with van der Waals surface area (Å²) in [5, 5.41) is 17.1. The smallest absolute Gasteiger partial charge is 0.267 e. The summed E-state index contributed by atoms with van der Waals surface area (Å²) in [5.41, 5.74) is 0.893. The summed E-state index contributed by atoms with van der Waals surface area (Å²) in [7, 11) is -3.04. The quantitative estimate of drug-likeness (QED) is 0.524. The molecule has 1 saturated heterocycles. The van der Waals surface area contributed by atoms with E-state index in [1.165, 1.54) is 13.1 Å². The summed E-state index contributed by atoms with van der Waals surface area (Å²) in [6.07, 6.45) is 1.69. The Morgan fingerprint density at radius 2 is 1.80 bits per heavy atom. The first-order valence-corrected chi connectivity index (χ1v) is 9.37. The summed E-state index contributed by atoms with van der Waals surface area (Å²) in [5.74, 6) is -0.712. The number of carbonyl (C=O) groups excluding carboxylic acids is 2. The third-order valence-electron chi connectivity index (χ3n) is 3.52. The molecule has 1 aliphatic heterocycles. The number of nitrogens with one attached hydrogen (secondary N) is 3. The van der Waals surface area contributed by atoms with Gasteiger partial charge in [-0.15, -0.1) is 0 Å². The lowest BCUT2D eigenvalue weighted by Gasteiger charge is -2.09. The van der Waals surface area contributed by atoms with E-state index in [1.54, 1.807) is 30.3 Å². The van der Waals surface area contributed by atoms with Crippen LogP contribution in [0.15, 0.2) is 36.0 Å². The summed E-state index contributed by atoms with van der Waals surface area (Å²) in [4.78, 5) is 23.1. The Bertz CT molecular complexity index is 838. The lowest BCUT2D eigenvalue weighted by atomic mass is 10.2. The van der Waals surface area contributed by atoms with Crippen LogP contribution in [0.3, 0.4) is 0 Å². The molecule has 1 aromatic rings. The van der Waals surface area contributed by atoms with Crippen LogP contribution in [0.1, 0.15) is 13.3 Å². The number of sulfone groups is 1. The van der Waals surface area contributed by atoms with Crippen LogP contribution in [0.2, 0.25) is 0 Å². The first kappa shape index (κ1) is 18.5. The fourth-order valence-electron chi connectivity index (χ4n) is 2.31. The zero-order valence-corrected chi connectivity index (χ0v) is 14.4. The molecule has 1 unspecified atom stereocenters. The van der Waals surface area contributed by atoms with Crippen LogP contribution in [-0.2, 0) is 19.4 Å². The van der Waals surface area contributed by atoms with Gasteiger partial charge in [0.05, 0.1) is 11.5 Å². The monoisotopic (exact) mass is 362 g/mol. The van der Waals surface area contributed by atoms with Gasteiger partial charge in [-0.3, -0.25) is 9.59 Å². The summed E-state index contributed by atoms with van der Waals surface area (Å²) in [6, 6.07) is 7.91. The van der Waals surface area contributed by atoms with Crippen molar-refractivity contribution in [3.05, 3.63) is 36.0 Å². The van der Waals surface area contributed by atoms with E-state index in [9.17, 15) is 18.0 Å². The highest BCUT2D eigenvalue weighted by molar-refractivity contribution is 7.91. The standard InChI is InChI=1S/C16H18N4O4S/c1-11(21)19-13-2-4-14(5-3-13)20-16(22)12(8-17)9-18-15-6-7-25(23,24)10-15/h2-5,9,15,18H,6-7,10H2,1H3,(H,19,21)(H,20,22)/b12-9-. The summed E-state index contributed by atoms with van der Waals surface area (Å²) in [6.45, 7) is 1.39. The second kappa shape index (κ2) is 7.81. The van der Waals surface area contributed by atoms with Crippen molar-refractivity contribution in [3.63, 3.8) is 0 Å². The Balaban J connectivity index is 1.96. The molecule has 132 valence electrons. The number of hydrogen-bond acceptors (Lipinski definition) is 6. The Kier molecular flexibility index (Phi) is 5.77. The molecule has 9 heteroatoms. The first-order valence-electron chi connectivity index (χ1n) is 7.55. The lowest BCUT2D eigenvalue weighted by molar-refractivity contribution is -0.114. The minimum absolute atomic E-state index is 0.00552. The van der Waals surface area contributed by atoms with Gasteiger partial charge in [-0.25, -0.2) is 8.42 Å². The maximum absolute atomic E-state index is 12.1. The van der Waals surface area contributed by atoms with Crippen LogP contribution in [-0.4, -0.2) is 37.8 Å². The molecule has 0 aliphatic carbocycles. The Hall–Kier alpha value is -2.86. The highest BCUT2D eigenvalue weighted by Crippen LogP contribution is 2.15. The van der Waals surface area contributed by atoms with Crippen LogP contribution in [0.25, 0.3) is 0 Å². The Labute approximate surface area is 145 Å². The third kappa shape index (κ3) is 5.61. The topological polar surface area (TPSA) is 128 Å². The van der Waals surface area contributed by atoms with Gasteiger partial charge < -0.3 is 16.0 Å². The second-order valence-corrected chi connectivity index (χ2v) is 7.88. The summed E-state index contributed by atoms with van der Waals surface area (Å²) >= 11 is 0. The van der Waals surface area contributed by atoms with Gasteiger partial charge in [0.15, 0.2) is 9.84 Å². The predicted molar refractivity (Wildman–Crippen MR) is 93.3 cm³/mol. The number of rotatable bonds is 5. The van der Waals surface area contributed by atoms with Crippen molar-refractivity contribution in [1.82, 2.24) is 5.32 Å². The molecule has 0 spiro atoms. The summed E-state index contributed by atoms with van der Waals surface area (Å²) < 4.78 is 22.8. The van der Waals surface area contributed by atoms with Crippen molar-refractivity contribution in [2.24, 2.45) is 0 Å². The number of nitrogens with zero attached hydrogens (tertiary/aromatic N) is 1. The van der Waals surface area contributed by atoms with Crippen molar-refractivity contribution in [3.8, 4) is 6.07 Å². The van der Waals surface area contributed by atoms with Crippen molar-refractivity contribution in [2.75, 3.05) is 22.1 Å². The van der Waals surface area contributed by atoms with E-state index in [-0.39, 0.29) is 29.0 Å². The molecule has 1 atom stereocenters. The highest BCUT2D eigenvalue weighted by Gasteiger charge is 2.27. The van der Waals surface area contributed by atoms with Gasteiger partial charge in [-0.05, 0) is 30.7 Å². The normalized spacial score (nSPS) is 18.9. The van der Waals surface area contributed by atoms with E-state index in [1.807, 2.05) is 0 Å². The molecule has 0 aromatic heterocycles. The van der Waals surface area contributed by atoms with E-state index < -0.39 is 15.7 Å². The molecule has 0 radical (unpaired) electrons. The zero-order chi connectivity index (χ0) is 18.4. The van der Waals surface area contributed by atoms with Crippen molar-refractivity contribution < 1.29 is 18.0 Å². The molecule has 25 heavy (non-hydrogen) atoms. The van der Waals surface area contributed by atoms with E-state index in [2.05, 4.69) is 16.0 Å². The molecule has 1 fully saturated rings. The number of nitriles is 1. The van der Waals surface area contributed by atoms with Gasteiger partial charge in [0.1, 0.15) is 11.6 Å². The molecule has 2 rings (SSSR count). The predicted octanol–water partition coefficient (Wildman–Crippen LogP) is 0.768. The third-order valence-corrected chi connectivity index (χ3v) is 5.29. The Morgan fingerprint density at radius 1 is 1.20 bits per heavy atom. The largest absolute Gasteiger partial charge is 0.386 e. The Morgan fingerprint density at radius 3 is 2.28 bits per heavy atom. The zero-order valence-electron chi connectivity index (χ0n) is 13.6. The molecule has 2 amide bonds. The molecular formula is C16H18N4O4S. The molecular weight excluding hydrogens is 344 g/mol. The van der Waals surface area contributed by atoms with Crippen molar-refractivity contribution >= 4 is 33.0 Å². The van der Waals surface area contributed by atoms with Gasteiger partial charge >= 0.3 is 0 Å². The van der Waals surface area contributed by atoms with Gasteiger partial charge in [0.25, 0.3) is 5.91 Å². The molecule has 0 bridgehead atoms. The van der Waals surface area contributed by atoms with Gasteiger partial charge in [-0.2, -0.15) is 5.26 Å². The number of carbonyl (C=O) groups is 2. The second-order valence-electron chi connectivity index (χ2n) is 5.65. The maximum atomic E-state index is 12.1. The van der Waals surface area contributed by atoms with Crippen LogP contribution < -0.4 is 16.0 Å². The van der Waals surface area contributed by atoms with Crippen LogP contribution >= 0.6 is 0 Å². The van der Waals surface area contributed by atoms with Gasteiger partial charge in [0, 0.05) is 30.5 Å².